The fourth-order valence-corrected chi connectivity index (χ4v) is 5.64. The van der Waals surface area contributed by atoms with Gasteiger partial charge in [0.05, 0.1) is 37.9 Å². The Balaban J connectivity index is 1.61. The second kappa shape index (κ2) is 12.6. The Morgan fingerprint density at radius 3 is 2.58 bits per heavy atom. The van der Waals surface area contributed by atoms with Gasteiger partial charge >= 0.3 is 12.1 Å². The second-order valence-corrected chi connectivity index (χ2v) is 11.3. The molecule has 0 bridgehead atoms. The molecule has 3 heterocycles. The largest absolute Gasteiger partial charge is 0.467 e. The quantitative estimate of drug-likeness (QED) is 0.474. The highest BCUT2D eigenvalue weighted by atomic mass is 16.6. The van der Waals surface area contributed by atoms with E-state index in [-0.39, 0.29) is 18.6 Å². The van der Waals surface area contributed by atoms with E-state index in [1.54, 1.807) is 12.0 Å². The van der Waals surface area contributed by atoms with Crippen molar-refractivity contribution in [3.05, 3.63) is 58.5 Å². The number of hydrogen-bond acceptors (Lipinski definition) is 8. The molecule has 0 N–H and O–H groups in total. The Kier molecular flexibility index (Phi) is 9.18. The van der Waals surface area contributed by atoms with Gasteiger partial charge in [-0.05, 0) is 59.5 Å². The number of ether oxygens (including phenoxy) is 2. The SMILES string of the molecule is C/C=C\C1=C(/C=C\C)C(N2CCc3c(nc(OC)nc3N3CCN(C(=O)OC(C)(C)C)C(CC#N)C3)C2)=CCC1. The number of carbonyl (C=O) groups is 1. The lowest BCUT2D eigenvalue weighted by molar-refractivity contribution is 0.0144. The molecule has 40 heavy (non-hydrogen) atoms. The number of rotatable bonds is 6. The first-order chi connectivity index (χ1) is 19.2. The number of nitrogens with zero attached hydrogens (tertiary/aromatic N) is 6. The summed E-state index contributed by atoms with van der Waals surface area (Å²) >= 11 is 0. The minimum absolute atomic E-state index is 0.219. The molecule has 1 saturated heterocycles. The van der Waals surface area contributed by atoms with Crippen molar-refractivity contribution in [2.24, 2.45) is 0 Å². The number of amides is 1. The predicted molar refractivity (Wildman–Crippen MR) is 156 cm³/mol. The van der Waals surface area contributed by atoms with Crippen molar-refractivity contribution in [2.75, 3.05) is 38.2 Å². The summed E-state index contributed by atoms with van der Waals surface area (Å²) in [5.41, 5.74) is 5.35. The van der Waals surface area contributed by atoms with Crippen LogP contribution < -0.4 is 9.64 Å². The number of carbonyl (C=O) groups excluding carboxylic acids is 1. The van der Waals surface area contributed by atoms with E-state index in [1.807, 2.05) is 20.8 Å². The number of hydrogen-bond donors (Lipinski definition) is 0. The van der Waals surface area contributed by atoms with Crippen LogP contribution in [-0.4, -0.2) is 70.8 Å². The van der Waals surface area contributed by atoms with Gasteiger partial charge in [-0.1, -0.05) is 30.4 Å². The van der Waals surface area contributed by atoms with Crippen molar-refractivity contribution in [3.8, 4) is 12.1 Å². The molecule has 1 aromatic heterocycles. The summed E-state index contributed by atoms with van der Waals surface area (Å²) in [7, 11) is 1.59. The van der Waals surface area contributed by atoms with E-state index in [0.29, 0.717) is 32.2 Å². The summed E-state index contributed by atoms with van der Waals surface area (Å²) in [5.74, 6) is 0.838. The number of anilines is 1. The van der Waals surface area contributed by atoms with Crippen molar-refractivity contribution >= 4 is 11.9 Å². The molecule has 0 saturated carbocycles. The fourth-order valence-electron chi connectivity index (χ4n) is 5.64. The van der Waals surface area contributed by atoms with Gasteiger partial charge in [-0.25, -0.2) is 4.79 Å². The molecule has 1 amide bonds. The van der Waals surface area contributed by atoms with Gasteiger partial charge < -0.3 is 24.2 Å². The average Bonchev–Trinajstić information content (AvgIpc) is 2.92. The number of piperazine rings is 1. The molecular formula is C31H42N6O3. The standard InChI is InChI=1S/C31H42N6O3/c1-7-10-22-12-9-13-27(24(22)11-8-2)35-17-15-25-26(21-35)33-29(39-6)34-28(25)36-18-19-37(23(20-36)14-16-32)30(38)40-31(3,4)5/h7-8,10-11,13,23H,9,12,14-15,17-21H2,1-6H3/b10-7-,11-8-. The van der Waals surface area contributed by atoms with Crippen LogP contribution in [0.2, 0.25) is 0 Å². The molecule has 0 spiro atoms. The summed E-state index contributed by atoms with van der Waals surface area (Å²) in [6.07, 6.45) is 13.7. The molecule has 214 valence electrons. The molecule has 1 fully saturated rings. The Labute approximate surface area is 238 Å². The minimum Gasteiger partial charge on any atom is -0.467 e. The third-order valence-corrected chi connectivity index (χ3v) is 7.36. The maximum absolute atomic E-state index is 12.9. The topological polar surface area (TPSA) is 94.8 Å². The third kappa shape index (κ3) is 6.49. The number of aromatic nitrogens is 2. The van der Waals surface area contributed by atoms with E-state index in [4.69, 9.17) is 19.4 Å². The molecule has 1 atom stereocenters. The van der Waals surface area contributed by atoms with Gasteiger partial charge in [0.1, 0.15) is 11.4 Å². The highest BCUT2D eigenvalue weighted by Gasteiger charge is 2.36. The molecule has 1 unspecified atom stereocenters. The van der Waals surface area contributed by atoms with Gasteiger partial charge in [0.15, 0.2) is 0 Å². The second-order valence-electron chi connectivity index (χ2n) is 11.3. The van der Waals surface area contributed by atoms with E-state index in [9.17, 15) is 10.1 Å². The average molecular weight is 547 g/mol. The van der Waals surface area contributed by atoms with E-state index in [2.05, 4.69) is 60.1 Å². The van der Waals surface area contributed by atoms with Gasteiger partial charge in [0, 0.05) is 43.0 Å². The van der Waals surface area contributed by atoms with Crippen LogP contribution in [0.1, 0.15) is 65.1 Å². The van der Waals surface area contributed by atoms with Crippen LogP contribution in [0, 0.1) is 11.3 Å². The van der Waals surface area contributed by atoms with Crippen LogP contribution in [0.3, 0.4) is 0 Å². The van der Waals surface area contributed by atoms with Gasteiger partial charge in [0.2, 0.25) is 0 Å². The first-order valence-electron chi connectivity index (χ1n) is 14.2. The van der Waals surface area contributed by atoms with Crippen molar-refractivity contribution < 1.29 is 14.3 Å². The highest BCUT2D eigenvalue weighted by molar-refractivity contribution is 5.69. The normalized spacial score (nSPS) is 20.1. The maximum Gasteiger partial charge on any atom is 0.410 e. The van der Waals surface area contributed by atoms with E-state index >= 15 is 0 Å². The fraction of sp³-hybridized carbons (Fsp3) is 0.548. The Hall–Kier alpha value is -3.80. The van der Waals surface area contributed by atoms with Gasteiger partial charge in [-0.3, -0.25) is 0 Å². The first kappa shape index (κ1) is 29.2. The number of nitriles is 1. The molecule has 4 rings (SSSR count). The Morgan fingerprint density at radius 2 is 1.90 bits per heavy atom. The van der Waals surface area contributed by atoms with E-state index in [0.717, 1.165) is 42.9 Å². The molecule has 9 heteroatoms. The van der Waals surface area contributed by atoms with Crippen molar-refractivity contribution in [2.45, 2.75) is 78.5 Å². The van der Waals surface area contributed by atoms with Crippen molar-refractivity contribution in [1.29, 1.82) is 5.26 Å². The maximum atomic E-state index is 12.9. The van der Waals surface area contributed by atoms with Crippen LogP contribution in [0.15, 0.2) is 47.2 Å². The molecule has 1 aromatic rings. The number of methoxy groups -OCH3 is 1. The lowest BCUT2D eigenvalue weighted by Crippen LogP contribution is -2.56. The smallest absolute Gasteiger partial charge is 0.410 e. The third-order valence-electron chi connectivity index (χ3n) is 7.36. The van der Waals surface area contributed by atoms with Crippen LogP contribution in [0.25, 0.3) is 0 Å². The lowest BCUT2D eigenvalue weighted by atomic mass is 9.91. The van der Waals surface area contributed by atoms with Crippen molar-refractivity contribution in [3.63, 3.8) is 0 Å². The number of fused-ring (bicyclic) bond motifs is 1. The predicted octanol–water partition coefficient (Wildman–Crippen LogP) is 5.31. The summed E-state index contributed by atoms with van der Waals surface area (Å²) in [4.78, 5) is 28.7. The first-order valence-corrected chi connectivity index (χ1v) is 14.2. The molecule has 3 aliphatic rings. The van der Waals surface area contributed by atoms with Crippen LogP contribution in [0.5, 0.6) is 6.01 Å². The van der Waals surface area contributed by atoms with Gasteiger partial charge in [0.25, 0.3) is 0 Å². The van der Waals surface area contributed by atoms with Crippen LogP contribution >= 0.6 is 0 Å². The lowest BCUT2D eigenvalue weighted by Gasteiger charge is -2.42. The zero-order valence-electron chi connectivity index (χ0n) is 24.7. The molecule has 0 aromatic carbocycles. The molecule has 9 nitrogen and oxygen atoms in total. The molecule has 1 aliphatic carbocycles. The van der Waals surface area contributed by atoms with Gasteiger partial charge in [-0.15, -0.1) is 0 Å². The van der Waals surface area contributed by atoms with Crippen LogP contribution in [-0.2, 0) is 17.7 Å². The molecule has 0 radical (unpaired) electrons. The van der Waals surface area contributed by atoms with Gasteiger partial charge in [-0.2, -0.15) is 15.2 Å². The Bertz CT molecular complexity index is 1270. The Morgan fingerprint density at radius 1 is 1.12 bits per heavy atom. The molecular weight excluding hydrogens is 504 g/mol. The highest BCUT2D eigenvalue weighted by Crippen LogP contribution is 2.36. The summed E-state index contributed by atoms with van der Waals surface area (Å²) < 4.78 is 11.2. The zero-order valence-corrected chi connectivity index (χ0v) is 24.7. The summed E-state index contributed by atoms with van der Waals surface area (Å²) in [6, 6.07) is 2.29. The van der Waals surface area contributed by atoms with E-state index < -0.39 is 5.60 Å². The summed E-state index contributed by atoms with van der Waals surface area (Å²) in [6.45, 7) is 12.7. The molecule has 2 aliphatic heterocycles. The number of allylic oxidation sites excluding steroid dienone is 6. The van der Waals surface area contributed by atoms with Crippen molar-refractivity contribution in [1.82, 2.24) is 19.8 Å². The monoisotopic (exact) mass is 546 g/mol. The summed E-state index contributed by atoms with van der Waals surface area (Å²) in [5, 5.41) is 9.53. The van der Waals surface area contributed by atoms with E-state index in [1.165, 1.54) is 16.8 Å². The van der Waals surface area contributed by atoms with Crippen LogP contribution in [0.4, 0.5) is 10.6 Å². The minimum atomic E-state index is -0.598. The zero-order chi connectivity index (χ0) is 28.9.